The molecule has 2 aliphatic rings. The second-order valence-electron chi connectivity index (χ2n) is 10.4. The Balaban J connectivity index is 1.42. The minimum atomic E-state index is -3.85. The van der Waals surface area contributed by atoms with E-state index in [1.54, 1.807) is 24.3 Å². The summed E-state index contributed by atoms with van der Waals surface area (Å²) in [7, 11) is -1.69. The van der Waals surface area contributed by atoms with Crippen LogP contribution in [0.1, 0.15) is 30.2 Å². The number of hydrogen-bond donors (Lipinski definition) is 1. The summed E-state index contributed by atoms with van der Waals surface area (Å²) in [6.45, 7) is 9.57. The minimum absolute atomic E-state index is 0.117. The van der Waals surface area contributed by atoms with Gasteiger partial charge in [0.1, 0.15) is 0 Å². The van der Waals surface area contributed by atoms with Crippen molar-refractivity contribution in [2.24, 2.45) is 0 Å². The number of nitrogens with one attached hydrogen (secondary N) is 1. The molecule has 1 N–H and O–H groups in total. The van der Waals surface area contributed by atoms with Crippen molar-refractivity contribution in [1.29, 1.82) is 0 Å². The topological polar surface area (TPSA) is 83.9 Å². The zero-order chi connectivity index (χ0) is 26.2. The highest BCUT2D eigenvalue weighted by atomic mass is 32.2. The molecular formula is C28H36N4O4S. The molecule has 1 unspecified atom stereocenters. The molecule has 0 saturated carbocycles. The zero-order valence-electron chi connectivity index (χ0n) is 21.9. The lowest BCUT2D eigenvalue weighted by atomic mass is 9.93. The van der Waals surface area contributed by atoms with E-state index < -0.39 is 16.2 Å². The maximum atomic E-state index is 13.0. The van der Waals surface area contributed by atoms with Crippen molar-refractivity contribution in [3.8, 4) is 0 Å². The van der Waals surface area contributed by atoms with Crippen molar-refractivity contribution in [3.63, 3.8) is 0 Å². The maximum absolute atomic E-state index is 13.0. The number of aryl methyl sites for hydroxylation is 1. The van der Waals surface area contributed by atoms with Crippen LogP contribution in [0.5, 0.6) is 0 Å². The predicted octanol–water partition coefficient (Wildman–Crippen LogP) is 3.42. The molecule has 1 aromatic heterocycles. The monoisotopic (exact) mass is 524 g/mol. The van der Waals surface area contributed by atoms with Crippen molar-refractivity contribution in [1.82, 2.24) is 14.4 Å². The lowest BCUT2D eigenvalue weighted by molar-refractivity contribution is -0.114. The van der Waals surface area contributed by atoms with Crippen LogP contribution >= 0.6 is 0 Å². The molecule has 1 amide bonds. The summed E-state index contributed by atoms with van der Waals surface area (Å²) < 4.78 is 34.1. The van der Waals surface area contributed by atoms with Gasteiger partial charge in [0.15, 0.2) is 0 Å². The Morgan fingerprint density at radius 3 is 2.49 bits per heavy atom. The average molecular weight is 525 g/mol. The lowest BCUT2D eigenvalue weighted by Crippen LogP contribution is -2.45. The number of benzene rings is 2. The van der Waals surface area contributed by atoms with Gasteiger partial charge in [0.05, 0.1) is 11.0 Å². The molecule has 5 rings (SSSR count). The molecule has 2 aromatic carbocycles. The highest BCUT2D eigenvalue weighted by Crippen LogP contribution is 2.35. The summed E-state index contributed by atoms with van der Waals surface area (Å²) in [5.41, 5.74) is 5.23. The molecule has 1 aliphatic heterocycles. The molecule has 0 bridgehead atoms. The second kappa shape index (κ2) is 10.6. The highest BCUT2D eigenvalue weighted by Gasteiger charge is 2.30. The minimum Gasteiger partial charge on any atom is -0.343 e. The average Bonchev–Trinajstić information content (AvgIpc) is 3.15. The Labute approximate surface area is 219 Å². The number of piperazine rings is 1. The van der Waals surface area contributed by atoms with E-state index in [4.69, 9.17) is 4.18 Å². The Morgan fingerprint density at radius 1 is 1.05 bits per heavy atom. The molecule has 1 fully saturated rings. The molecule has 1 aliphatic carbocycles. The van der Waals surface area contributed by atoms with Crippen LogP contribution in [0.4, 0.5) is 5.69 Å². The molecule has 3 aromatic rings. The van der Waals surface area contributed by atoms with Crippen molar-refractivity contribution >= 4 is 32.6 Å². The van der Waals surface area contributed by atoms with E-state index in [1.807, 2.05) is 19.1 Å². The quantitative estimate of drug-likeness (QED) is 0.477. The van der Waals surface area contributed by atoms with Gasteiger partial charge in [-0.15, -0.1) is 0 Å². The summed E-state index contributed by atoms with van der Waals surface area (Å²) in [6, 6.07) is 12.8. The molecule has 2 heterocycles. The summed E-state index contributed by atoms with van der Waals surface area (Å²) in [5.74, 6) is -0.117. The number of likely N-dealkylation sites (N-methyl/N-ethyl adjacent to an activating group) is 1. The second-order valence-corrected chi connectivity index (χ2v) is 11.9. The van der Waals surface area contributed by atoms with Gasteiger partial charge in [-0.3, -0.25) is 13.9 Å². The predicted molar refractivity (Wildman–Crippen MR) is 145 cm³/mol. The molecule has 9 heteroatoms. The van der Waals surface area contributed by atoms with Gasteiger partial charge in [0.25, 0.3) is 10.1 Å². The molecule has 0 spiro atoms. The third-order valence-electron chi connectivity index (χ3n) is 7.55. The fourth-order valence-corrected chi connectivity index (χ4v) is 6.59. The number of rotatable bonds is 7. The molecular weight excluding hydrogens is 488 g/mol. The fraction of sp³-hybridized carbons (Fsp3) is 0.464. The van der Waals surface area contributed by atoms with E-state index >= 15 is 0 Å². The molecule has 0 radical (unpaired) electrons. The van der Waals surface area contributed by atoms with Crippen LogP contribution in [0.15, 0.2) is 47.4 Å². The number of carbonyl (C=O) groups excluding carboxylic acids is 1. The molecule has 1 saturated heterocycles. The Morgan fingerprint density at radius 2 is 1.78 bits per heavy atom. The van der Waals surface area contributed by atoms with E-state index in [0.29, 0.717) is 12.8 Å². The SMILES string of the molecule is CC(=O)Nc1ccc2c(c1)c1c(n2CCN2CCN(C)CC2)CCC(OS(=O)(=O)c2ccc(C)cc2)C1. The third-order valence-corrected chi connectivity index (χ3v) is 8.93. The first kappa shape index (κ1) is 25.9. The standard InChI is InChI=1S/C28H36N4O4S/c1-20-4-8-24(9-5-20)37(34,35)36-23-7-11-28-26(19-23)25-18-22(29-21(2)33)6-10-27(25)32(28)17-16-31-14-12-30(3)13-15-31/h4-6,8-10,18,23H,7,11-17,19H2,1-3H3,(H,29,33). The first-order chi connectivity index (χ1) is 17.7. The van der Waals surface area contributed by atoms with Crippen LogP contribution in [-0.2, 0) is 38.5 Å². The lowest BCUT2D eigenvalue weighted by Gasteiger charge is -2.32. The largest absolute Gasteiger partial charge is 0.343 e. The maximum Gasteiger partial charge on any atom is 0.297 e. The Kier molecular flexibility index (Phi) is 7.40. The van der Waals surface area contributed by atoms with E-state index in [-0.39, 0.29) is 10.8 Å². The summed E-state index contributed by atoms with van der Waals surface area (Å²) in [5, 5.41) is 3.94. The van der Waals surface area contributed by atoms with Crippen molar-refractivity contribution < 1.29 is 17.4 Å². The zero-order valence-corrected chi connectivity index (χ0v) is 22.7. The van der Waals surface area contributed by atoms with E-state index in [9.17, 15) is 13.2 Å². The number of aromatic nitrogens is 1. The van der Waals surface area contributed by atoms with Crippen LogP contribution in [0.2, 0.25) is 0 Å². The number of carbonyl (C=O) groups is 1. The van der Waals surface area contributed by atoms with Crippen LogP contribution in [0, 0.1) is 6.92 Å². The normalized spacial score (nSPS) is 19.2. The molecule has 198 valence electrons. The molecule has 1 atom stereocenters. The van der Waals surface area contributed by atoms with Crippen LogP contribution in [0.3, 0.4) is 0 Å². The number of hydrogen-bond acceptors (Lipinski definition) is 6. The van der Waals surface area contributed by atoms with Crippen LogP contribution < -0.4 is 5.32 Å². The number of fused-ring (bicyclic) bond motifs is 3. The van der Waals surface area contributed by atoms with Gasteiger partial charge in [0, 0.05) is 74.9 Å². The third kappa shape index (κ3) is 5.75. The number of anilines is 1. The Hall–Kier alpha value is -2.72. The molecule has 8 nitrogen and oxygen atoms in total. The van der Waals surface area contributed by atoms with Crippen molar-refractivity contribution in [2.45, 2.75) is 50.7 Å². The number of amides is 1. The van der Waals surface area contributed by atoms with Gasteiger partial charge in [-0.25, -0.2) is 0 Å². The molecule has 37 heavy (non-hydrogen) atoms. The Bertz CT molecular complexity index is 1390. The van der Waals surface area contributed by atoms with Gasteiger partial charge < -0.3 is 14.8 Å². The van der Waals surface area contributed by atoms with E-state index in [0.717, 1.165) is 73.4 Å². The summed E-state index contributed by atoms with van der Waals surface area (Å²) in [6.07, 6.45) is 1.47. The van der Waals surface area contributed by atoms with Crippen molar-refractivity contribution in [3.05, 3.63) is 59.3 Å². The van der Waals surface area contributed by atoms with Crippen LogP contribution in [-0.4, -0.2) is 74.6 Å². The first-order valence-corrected chi connectivity index (χ1v) is 14.4. The van der Waals surface area contributed by atoms with Gasteiger partial charge in [-0.1, -0.05) is 17.7 Å². The van der Waals surface area contributed by atoms with Gasteiger partial charge in [0.2, 0.25) is 5.91 Å². The summed E-state index contributed by atoms with van der Waals surface area (Å²) in [4.78, 5) is 16.7. The van der Waals surface area contributed by atoms with Gasteiger partial charge in [-0.2, -0.15) is 8.42 Å². The van der Waals surface area contributed by atoms with E-state index in [1.165, 1.54) is 12.6 Å². The highest BCUT2D eigenvalue weighted by molar-refractivity contribution is 7.86. The van der Waals surface area contributed by atoms with Crippen LogP contribution in [0.25, 0.3) is 10.9 Å². The smallest absolute Gasteiger partial charge is 0.297 e. The van der Waals surface area contributed by atoms with Gasteiger partial charge in [-0.05, 0) is 62.7 Å². The summed E-state index contributed by atoms with van der Waals surface area (Å²) >= 11 is 0. The first-order valence-electron chi connectivity index (χ1n) is 13.0. The fourth-order valence-electron chi connectivity index (χ4n) is 5.49. The number of nitrogens with zero attached hydrogens (tertiary/aromatic N) is 3. The van der Waals surface area contributed by atoms with Gasteiger partial charge >= 0.3 is 0 Å². The van der Waals surface area contributed by atoms with E-state index in [2.05, 4.69) is 32.8 Å². The van der Waals surface area contributed by atoms with Crippen molar-refractivity contribution in [2.75, 3.05) is 45.1 Å².